The summed E-state index contributed by atoms with van der Waals surface area (Å²) in [6.45, 7) is 0. The first kappa shape index (κ1) is 23.1. The maximum Gasteiger partial charge on any atom is 0.343 e. The van der Waals surface area contributed by atoms with Gasteiger partial charge in [0.05, 0.1) is 11.3 Å². The lowest BCUT2D eigenvalue weighted by atomic mass is 10.1. The molecule has 0 spiro atoms. The standard InChI is InChI=1S/C29H20BrNO3/c30-25-13-9-24(10-14-25)29(33)34-27-17-6-22(7-18-27)20-31-26-15-11-23(12-16-26)28(32)19-8-21-4-2-1-3-5-21/h1-20H/b19-8+,31-20?. The van der Waals surface area contributed by atoms with Crippen molar-refractivity contribution in [3.8, 4) is 5.75 Å². The summed E-state index contributed by atoms with van der Waals surface area (Å²) in [7, 11) is 0. The summed E-state index contributed by atoms with van der Waals surface area (Å²) in [4.78, 5) is 29.0. The second-order valence-electron chi connectivity index (χ2n) is 7.38. The van der Waals surface area contributed by atoms with E-state index in [0.29, 0.717) is 16.9 Å². The van der Waals surface area contributed by atoms with Gasteiger partial charge >= 0.3 is 5.97 Å². The number of rotatable bonds is 7. The van der Waals surface area contributed by atoms with E-state index in [1.165, 1.54) is 0 Å². The molecule has 0 saturated heterocycles. The van der Waals surface area contributed by atoms with E-state index in [1.54, 1.807) is 79.0 Å². The molecule has 0 fully saturated rings. The molecule has 0 aromatic heterocycles. The molecule has 0 radical (unpaired) electrons. The zero-order chi connectivity index (χ0) is 23.8. The molecule has 0 bridgehead atoms. The van der Waals surface area contributed by atoms with E-state index in [0.717, 1.165) is 21.3 Å². The van der Waals surface area contributed by atoms with Crippen LogP contribution in [-0.2, 0) is 0 Å². The van der Waals surface area contributed by atoms with Gasteiger partial charge in [0.1, 0.15) is 5.75 Å². The van der Waals surface area contributed by atoms with E-state index in [2.05, 4.69) is 20.9 Å². The number of hydrogen-bond donors (Lipinski definition) is 0. The van der Waals surface area contributed by atoms with Gasteiger partial charge in [0, 0.05) is 16.3 Å². The van der Waals surface area contributed by atoms with Gasteiger partial charge in [0.15, 0.2) is 5.78 Å². The molecule has 0 N–H and O–H groups in total. The quantitative estimate of drug-likeness (QED) is 0.0861. The fourth-order valence-corrected chi connectivity index (χ4v) is 3.33. The topological polar surface area (TPSA) is 55.7 Å². The Labute approximate surface area is 206 Å². The molecule has 0 amide bonds. The lowest BCUT2D eigenvalue weighted by molar-refractivity contribution is 0.0734. The second-order valence-corrected chi connectivity index (χ2v) is 8.29. The molecule has 0 aliphatic carbocycles. The monoisotopic (exact) mass is 509 g/mol. The van der Waals surface area contributed by atoms with E-state index in [9.17, 15) is 9.59 Å². The highest BCUT2D eigenvalue weighted by molar-refractivity contribution is 9.10. The van der Waals surface area contributed by atoms with Crippen LogP contribution in [0, 0.1) is 0 Å². The predicted octanol–water partition coefficient (Wildman–Crippen LogP) is 7.32. The van der Waals surface area contributed by atoms with Crippen molar-refractivity contribution in [2.24, 2.45) is 4.99 Å². The lowest BCUT2D eigenvalue weighted by Crippen LogP contribution is -2.08. The van der Waals surface area contributed by atoms with Gasteiger partial charge in [-0.2, -0.15) is 0 Å². The molecule has 4 aromatic carbocycles. The Morgan fingerprint density at radius 3 is 2.03 bits per heavy atom. The van der Waals surface area contributed by atoms with Crippen molar-refractivity contribution >= 4 is 45.7 Å². The summed E-state index contributed by atoms with van der Waals surface area (Å²) in [5, 5.41) is 0. The molecule has 0 atom stereocenters. The zero-order valence-electron chi connectivity index (χ0n) is 18.1. The molecule has 166 valence electrons. The van der Waals surface area contributed by atoms with E-state index in [4.69, 9.17) is 4.74 Å². The van der Waals surface area contributed by atoms with Crippen LogP contribution in [-0.4, -0.2) is 18.0 Å². The Morgan fingerprint density at radius 1 is 0.706 bits per heavy atom. The van der Waals surface area contributed by atoms with Gasteiger partial charge in [-0.05, 0) is 90.0 Å². The van der Waals surface area contributed by atoms with Gasteiger partial charge in [-0.3, -0.25) is 9.79 Å². The lowest BCUT2D eigenvalue weighted by Gasteiger charge is -2.04. The zero-order valence-corrected chi connectivity index (χ0v) is 19.7. The van der Waals surface area contributed by atoms with Crippen LogP contribution in [0.1, 0.15) is 31.8 Å². The maximum absolute atomic E-state index is 12.4. The number of benzene rings is 4. The number of ketones is 1. The first-order valence-electron chi connectivity index (χ1n) is 10.6. The molecule has 0 heterocycles. The van der Waals surface area contributed by atoms with Gasteiger partial charge in [-0.1, -0.05) is 52.3 Å². The first-order chi connectivity index (χ1) is 16.6. The van der Waals surface area contributed by atoms with Crippen LogP contribution in [0.3, 0.4) is 0 Å². The minimum absolute atomic E-state index is 0.0624. The van der Waals surface area contributed by atoms with Crippen LogP contribution in [0.2, 0.25) is 0 Å². The molecule has 0 aliphatic heterocycles. The van der Waals surface area contributed by atoms with Gasteiger partial charge < -0.3 is 4.74 Å². The van der Waals surface area contributed by atoms with Crippen LogP contribution >= 0.6 is 15.9 Å². The van der Waals surface area contributed by atoms with Gasteiger partial charge in [-0.25, -0.2) is 4.79 Å². The molecule has 4 nitrogen and oxygen atoms in total. The number of halogens is 1. The molecule has 34 heavy (non-hydrogen) atoms. The Kier molecular flexibility index (Phi) is 7.58. The molecule has 4 rings (SSSR count). The maximum atomic E-state index is 12.4. The summed E-state index contributed by atoms with van der Waals surface area (Å²) in [6, 6.07) is 30.9. The van der Waals surface area contributed by atoms with Crippen LogP contribution in [0.15, 0.2) is 119 Å². The number of esters is 1. The van der Waals surface area contributed by atoms with Crippen molar-refractivity contribution in [3.05, 3.63) is 136 Å². The van der Waals surface area contributed by atoms with Crippen molar-refractivity contribution in [1.82, 2.24) is 0 Å². The van der Waals surface area contributed by atoms with Crippen molar-refractivity contribution < 1.29 is 14.3 Å². The fraction of sp³-hybridized carbons (Fsp3) is 0. The summed E-state index contributed by atoms with van der Waals surface area (Å²) in [6.07, 6.45) is 5.08. The summed E-state index contributed by atoms with van der Waals surface area (Å²) >= 11 is 3.34. The normalized spacial score (nSPS) is 11.1. The average Bonchev–Trinajstić information content (AvgIpc) is 2.88. The first-order valence-corrected chi connectivity index (χ1v) is 11.4. The van der Waals surface area contributed by atoms with Crippen molar-refractivity contribution in [1.29, 1.82) is 0 Å². The molecular formula is C29H20BrNO3. The Bertz CT molecular complexity index is 1330. The van der Waals surface area contributed by atoms with E-state index in [-0.39, 0.29) is 5.78 Å². The van der Waals surface area contributed by atoms with Crippen molar-refractivity contribution in [2.45, 2.75) is 0 Å². The molecule has 0 aliphatic rings. The van der Waals surface area contributed by atoms with Crippen LogP contribution in [0.4, 0.5) is 5.69 Å². The highest BCUT2D eigenvalue weighted by Gasteiger charge is 2.08. The van der Waals surface area contributed by atoms with Crippen molar-refractivity contribution in [3.63, 3.8) is 0 Å². The van der Waals surface area contributed by atoms with E-state index < -0.39 is 5.97 Å². The number of aliphatic imine (C=N–C) groups is 1. The molecular weight excluding hydrogens is 490 g/mol. The number of carbonyl (C=O) groups excluding carboxylic acids is 2. The largest absolute Gasteiger partial charge is 0.423 e. The third-order valence-corrected chi connectivity index (χ3v) is 5.44. The number of allylic oxidation sites excluding steroid dienone is 1. The average molecular weight is 510 g/mol. The number of carbonyl (C=O) groups is 2. The number of hydrogen-bond acceptors (Lipinski definition) is 4. The minimum Gasteiger partial charge on any atom is -0.423 e. The fourth-order valence-electron chi connectivity index (χ4n) is 3.07. The molecule has 0 unspecified atom stereocenters. The van der Waals surface area contributed by atoms with Crippen LogP contribution < -0.4 is 4.74 Å². The Morgan fingerprint density at radius 2 is 1.35 bits per heavy atom. The highest BCUT2D eigenvalue weighted by atomic mass is 79.9. The van der Waals surface area contributed by atoms with E-state index in [1.807, 2.05) is 42.5 Å². The summed E-state index contributed by atoms with van der Waals surface area (Å²) in [5.41, 5.74) is 3.64. The van der Waals surface area contributed by atoms with E-state index >= 15 is 0 Å². The minimum atomic E-state index is -0.415. The van der Waals surface area contributed by atoms with Crippen molar-refractivity contribution in [2.75, 3.05) is 0 Å². The summed E-state index contributed by atoms with van der Waals surface area (Å²) in [5.74, 6) is -0.0219. The van der Waals surface area contributed by atoms with Gasteiger partial charge in [0.2, 0.25) is 0 Å². The predicted molar refractivity (Wildman–Crippen MR) is 139 cm³/mol. The number of ether oxygens (including phenoxy) is 1. The molecule has 0 saturated carbocycles. The van der Waals surface area contributed by atoms with Gasteiger partial charge in [-0.15, -0.1) is 0 Å². The SMILES string of the molecule is O=C(/C=C/c1ccccc1)c1ccc(N=Cc2ccc(OC(=O)c3ccc(Br)cc3)cc2)cc1. The smallest absolute Gasteiger partial charge is 0.343 e. The highest BCUT2D eigenvalue weighted by Crippen LogP contribution is 2.17. The third-order valence-electron chi connectivity index (χ3n) is 4.91. The molecule has 5 heteroatoms. The van der Waals surface area contributed by atoms with Crippen LogP contribution in [0.25, 0.3) is 6.08 Å². The molecule has 4 aromatic rings. The Hall–Kier alpha value is -4.09. The van der Waals surface area contributed by atoms with Crippen LogP contribution in [0.5, 0.6) is 5.75 Å². The third kappa shape index (κ3) is 6.47. The summed E-state index contributed by atoms with van der Waals surface area (Å²) < 4.78 is 6.30. The Balaban J connectivity index is 1.34. The second kappa shape index (κ2) is 11.2. The van der Waals surface area contributed by atoms with Gasteiger partial charge in [0.25, 0.3) is 0 Å². The number of nitrogens with zero attached hydrogens (tertiary/aromatic N) is 1.